The summed E-state index contributed by atoms with van der Waals surface area (Å²) < 4.78 is 7.66. The summed E-state index contributed by atoms with van der Waals surface area (Å²) in [5.74, 6) is 2.53. The summed E-state index contributed by atoms with van der Waals surface area (Å²) in [7, 11) is 2.03. The first-order chi connectivity index (χ1) is 11.6. The van der Waals surface area contributed by atoms with E-state index in [-0.39, 0.29) is 5.91 Å². The lowest BCUT2D eigenvalue weighted by Gasteiger charge is -2.31. The number of hydrogen-bond donors (Lipinski definition) is 0. The maximum atomic E-state index is 12.8. The fourth-order valence-corrected chi connectivity index (χ4v) is 3.60. The molecule has 1 aliphatic heterocycles. The van der Waals surface area contributed by atoms with Crippen LogP contribution >= 0.6 is 0 Å². The van der Waals surface area contributed by atoms with Gasteiger partial charge in [0.15, 0.2) is 0 Å². The standard InChI is InChI=1S/C19H21N3O2/c1-13-11-16-12-15(3-4-17(16)24-13)19(23)22-8-5-14(6-9-22)18-20-7-10-21(18)2/h3-4,7,10-12,14H,5-6,8-9H2,1-2H3. The van der Waals surface area contributed by atoms with Gasteiger partial charge in [0.1, 0.15) is 17.2 Å². The summed E-state index contributed by atoms with van der Waals surface area (Å²) in [5.41, 5.74) is 1.57. The summed E-state index contributed by atoms with van der Waals surface area (Å²) >= 11 is 0. The Labute approximate surface area is 140 Å². The first kappa shape index (κ1) is 15.0. The van der Waals surface area contributed by atoms with Crippen LogP contribution in [-0.2, 0) is 7.05 Å². The van der Waals surface area contributed by atoms with Gasteiger partial charge in [-0.05, 0) is 44.0 Å². The number of piperidine rings is 1. The Balaban J connectivity index is 1.48. The molecule has 1 amide bonds. The molecule has 1 aromatic carbocycles. The van der Waals surface area contributed by atoms with Crippen molar-refractivity contribution in [1.82, 2.24) is 14.5 Å². The highest BCUT2D eigenvalue weighted by molar-refractivity contribution is 5.97. The maximum absolute atomic E-state index is 12.8. The Morgan fingerprint density at radius 2 is 2.04 bits per heavy atom. The molecule has 3 heterocycles. The first-order valence-corrected chi connectivity index (χ1v) is 8.38. The smallest absolute Gasteiger partial charge is 0.253 e. The van der Waals surface area contributed by atoms with Crippen molar-refractivity contribution < 1.29 is 9.21 Å². The third-order valence-corrected chi connectivity index (χ3v) is 4.89. The van der Waals surface area contributed by atoms with Gasteiger partial charge in [-0.1, -0.05) is 0 Å². The molecule has 0 spiro atoms. The van der Waals surface area contributed by atoms with Crippen LogP contribution in [0.25, 0.3) is 11.0 Å². The SMILES string of the molecule is Cc1cc2cc(C(=O)N3CCC(c4nccn4C)CC3)ccc2o1. The summed E-state index contributed by atoms with van der Waals surface area (Å²) in [4.78, 5) is 19.2. The van der Waals surface area contributed by atoms with Crippen molar-refractivity contribution in [1.29, 1.82) is 0 Å². The Bertz CT molecular complexity index is 885. The van der Waals surface area contributed by atoms with Crippen LogP contribution in [0.15, 0.2) is 41.1 Å². The minimum absolute atomic E-state index is 0.106. The topological polar surface area (TPSA) is 51.3 Å². The number of imidazole rings is 1. The summed E-state index contributed by atoms with van der Waals surface area (Å²) in [6, 6.07) is 7.65. The summed E-state index contributed by atoms with van der Waals surface area (Å²) in [6.07, 6.45) is 5.75. The normalized spacial score (nSPS) is 16.0. The molecule has 4 rings (SSSR count). The van der Waals surface area contributed by atoms with E-state index in [0.29, 0.717) is 5.92 Å². The van der Waals surface area contributed by atoms with Gasteiger partial charge in [-0.2, -0.15) is 0 Å². The van der Waals surface area contributed by atoms with E-state index < -0.39 is 0 Å². The molecular weight excluding hydrogens is 302 g/mol. The Kier molecular flexibility index (Phi) is 3.63. The van der Waals surface area contributed by atoms with Crippen molar-refractivity contribution >= 4 is 16.9 Å². The van der Waals surface area contributed by atoms with Crippen LogP contribution in [0.1, 0.15) is 40.7 Å². The van der Waals surface area contributed by atoms with Crippen molar-refractivity contribution in [3.05, 3.63) is 53.8 Å². The van der Waals surface area contributed by atoms with Gasteiger partial charge in [0.25, 0.3) is 5.91 Å². The molecule has 0 unspecified atom stereocenters. The molecule has 124 valence electrons. The highest BCUT2D eigenvalue weighted by Gasteiger charge is 2.26. The summed E-state index contributed by atoms with van der Waals surface area (Å²) in [6.45, 7) is 3.47. The number of rotatable bonds is 2. The molecule has 0 radical (unpaired) electrons. The number of carbonyl (C=O) groups excluding carboxylic acids is 1. The largest absolute Gasteiger partial charge is 0.461 e. The van der Waals surface area contributed by atoms with Crippen molar-refractivity contribution in [2.24, 2.45) is 7.05 Å². The Morgan fingerprint density at radius 3 is 2.75 bits per heavy atom. The minimum atomic E-state index is 0.106. The molecule has 0 bridgehead atoms. The number of fused-ring (bicyclic) bond motifs is 1. The molecule has 1 fully saturated rings. The van der Waals surface area contributed by atoms with Crippen molar-refractivity contribution in [3.8, 4) is 0 Å². The van der Waals surface area contributed by atoms with Gasteiger partial charge in [-0.25, -0.2) is 4.98 Å². The van der Waals surface area contributed by atoms with E-state index in [1.807, 2.05) is 55.5 Å². The van der Waals surface area contributed by atoms with Crippen LogP contribution < -0.4 is 0 Å². The molecule has 3 aromatic rings. The average molecular weight is 323 g/mol. The molecule has 0 N–H and O–H groups in total. The second kappa shape index (κ2) is 5.82. The minimum Gasteiger partial charge on any atom is -0.461 e. The molecule has 1 aliphatic rings. The third kappa shape index (κ3) is 2.60. The van der Waals surface area contributed by atoms with Crippen molar-refractivity contribution in [2.75, 3.05) is 13.1 Å². The zero-order chi connectivity index (χ0) is 16.7. The lowest BCUT2D eigenvalue weighted by molar-refractivity contribution is 0.0710. The van der Waals surface area contributed by atoms with E-state index in [9.17, 15) is 4.79 Å². The van der Waals surface area contributed by atoms with E-state index >= 15 is 0 Å². The van der Waals surface area contributed by atoms with Crippen molar-refractivity contribution in [2.45, 2.75) is 25.7 Å². The van der Waals surface area contributed by atoms with Gasteiger partial charge in [-0.3, -0.25) is 4.79 Å². The highest BCUT2D eigenvalue weighted by atomic mass is 16.3. The molecule has 2 aromatic heterocycles. The van der Waals surface area contributed by atoms with E-state index in [1.54, 1.807) is 0 Å². The van der Waals surface area contributed by atoms with E-state index in [4.69, 9.17) is 4.42 Å². The van der Waals surface area contributed by atoms with Crippen LogP contribution in [0.2, 0.25) is 0 Å². The number of amides is 1. The number of hydrogen-bond acceptors (Lipinski definition) is 3. The fourth-order valence-electron chi connectivity index (χ4n) is 3.60. The molecule has 0 aliphatic carbocycles. The number of nitrogens with zero attached hydrogens (tertiary/aromatic N) is 3. The van der Waals surface area contributed by atoms with Crippen molar-refractivity contribution in [3.63, 3.8) is 0 Å². The fraction of sp³-hybridized carbons (Fsp3) is 0.368. The number of furan rings is 1. The number of aromatic nitrogens is 2. The number of likely N-dealkylation sites (tertiary alicyclic amines) is 1. The Hall–Kier alpha value is -2.56. The summed E-state index contributed by atoms with van der Waals surface area (Å²) in [5, 5.41) is 0.987. The van der Waals surface area contributed by atoms with Crippen LogP contribution in [0, 0.1) is 6.92 Å². The third-order valence-electron chi connectivity index (χ3n) is 4.89. The lowest BCUT2D eigenvalue weighted by Crippen LogP contribution is -2.38. The van der Waals surface area contributed by atoms with Gasteiger partial charge in [0, 0.05) is 49.4 Å². The predicted octanol–water partition coefficient (Wildman–Crippen LogP) is 3.49. The monoisotopic (exact) mass is 323 g/mol. The lowest BCUT2D eigenvalue weighted by atomic mass is 9.95. The second-order valence-corrected chi connectivity index (χ2v) is 6.57. The first-order valence-electron chi connectivity index (χ1n) is 8.38. The average Bonchev–Trinajstić information content (AvgIpc) is 3.18. The molecule has 1 saturated heterocycles. The second-order valence-electron chi connectivity index (χ2n) is 6.57. The van der Waals surface area contributed by atoms with Crippen LogP contribution in [0.5, 0.6) is 0 Å². The zero-order valence-corrected chi connectivity index (χ0v) is 14.0. The number of aryl methyl sites for hydroxylation is 2. The number of carbonyl (C=O) groups is 1. The maximum Gasteiger partial charge on any atom is 0.253 e. The van der Waals surface area contributed by atoms with Crippen LogP contribution in [0.3, 0.4) is 0 Å². The molecular formula is C19H21N3O2. The molecule has 5 heteroatoms. The Morgan fingerprint density at radius 1 is 1.25 bits per heavy atom. The van der Waals surface area contributed by atoms with Gasteiger partial charge >= 0.3 is 0 Å². The molecule has 0 saturated carbocycles. The van der Waals surface area contributed by atoms with E-state index in [1.165, 1.54) is 0 Å². The van der Waals surface area contributed by atoms with Crippen LogP contribution in [-0.4, -0.2) is 33.4 Å². The van der Waals surface area contributed by atoms with Gasteiger partial charge < -0.3 is 13.9 Å². The van der Waals surface area contributed by atoms with E-state index in [0.717, 1.165) is 54.0 Å². The van der Waals surface area contributed by atoms with Gasteiger partial charge in [0.2, 0.25) is 0 Å². The zero-order valence-electron chi connectivity index (χ0n) is 14.0. The molecule has 5 nitrogen and oxygen atoms in total. The van der Waals surface area contributed by atoms with Crippen LogP contribution in [0.4, 0.5) is 0 Å². The van der Waals surface area contributed by atoms with Gasteiger partial charge in [-0.15, -0.1) is 0 Å². The van der Waals surface area contributed by atoms with Gasteiger partial charge in [0.05, 0.1) is 0 Å². The predicted molar refractivity (Wildman–Crippen MR) is 92.0 cm³/mol. The number of benzene rings is 1. The van der Waals surface area contributed by atoms with E-state index in [2.05, 4.69) is 9.55 Å². The molecule has 0 atom stereocenters. The highest BCUT2D eigenvalue weighted by Crippen LogP contribution is 2.28. The quantitative estimate of drug-likeness (QED) is 0.725. The molecule has 24 heavy (non-hydrogen) atoms.